The highest BCUT2D eigenvalue weighted by molar-refractivity contribution is 5.69. The van der Waals surface area contributed by atoms with Crippen molar-refractivity contribution in [3.8, 4) is 0 Å². The molecule has 18 heteroatoms. The molecule has 0 aromatic heterocycles. The quantitative estimate of drug-likeness (QED) is 0.0943. The number of carboxylic acids is 3. The van der Waals surface area contributed by atoms with E-state index in [2.05, 4.69) is 0 Å². The first-order valence-corrected chi connectivity index (χ1v) is 11.9. The number of carbonyl (C=O) groups excluding carboxylic acids is 3. The Labute approximate surface area is 219 Å². The molecule has 0 heterocycles. The molecule has 3 unspecified atom stereocenters. The van der Waals surface area contributed by atoms with Gasteiger partial charge in [-0.15, -0.1) is 0 Å². The van der Waals surface area contributed by atoms with E-state index in [1.54, 1.807) is 0 Å². The maximum atomic E-state index is 11.8. The fourth-order valence-electron chi connectivity index (χ4n) is 4.97. The number of aliphatic carboxylic acids is 3. The van der Waals surface area contributed by atoms with Crippen LogP contribution in [0.5, 0.6) is 0 Å². The molecule has 224 valence electrons. The Morgan fingerprint density at radius 2 is 0.846 bits per heavy atom. The van der Waals surface area contributed by atoms with Crippen LogP contribution in [0.25, 0.3) is 0 Å². The highest BCUT2D eigenvalue weighted by Crippen LogP contribution is 2.34. The van der Waals surface area contributed by atoms with Gasteiger partial charge in [-0.2, -0.15) is 0 Å². The van der Waals surface area contributed by atoms with Crippen molar-refractivity contribution in [2.75, 3.05) is 0 Å². The molecule has 15 atom stereocenters. The SMILES string of the molecule is O=C([O-])C1C[C@H](OO[C@H]2C(C(=O)[O-])C[C@H](OO[C@H]3C(C(=O)[O-])C[C@H](O)[C@@H](O)[C@@H]3O)[C@@H](O)[C@@H]2O)[C@@H](O)[C@H](O)[C@H]1O. The van der Waals surface area contributed by atoms with E-state index in [9.17, 15) is 70.6 Å². The van der Waals surface area contributed by atoms with Crippen molar-refractivity contribution in [3.63, 3.8) is 0 Å². The monoisotopic (exact) mass is 569 g/mol. The van der Waals surface area contributed by atoms with Gasteiger partial charge in [0.05, 0.1) is 12.2 Å². The van der Waals surface area contributed by atoms with Gasteiger partial charge in [0.1, 0.15) is 61.0 Å². The normalized spacial score (nSPS) is 46.9. The first kappa shape index (κ1) is 31.5. The Bertz CT molecular complexity index is 885. The fourth-order valence-corrected chi connectivity index (χ4v) is 4.97. The van der Waals surface area contributed by atoms with Crippen LogP contribution in [0.1, 0.15) is 19.3 Å². The highest BCUT2D eigenvalue weighted by atomic mass is 17.2. The second kappa shape index (κ2) is 12.6. The predicted octanol–water partition coefficient (Wildman–Crippen LogP) is -9.45. The minimum absolute atomic E-state index is 0.600. The molecular weight excluding hydrogens is 540 g/mol. The summed E-state index contributed by atoms with van der Waals surface area (Å²) in [6.07, 6.45) is -24.5. The number of rotatable bonds is 9. The molecule has 0 radical (unpaired) electrons. The van der Waals surface area contributed by atoms with Crippen molar-refractivity contribution in [3.05, 3.63) is 0 Å². The molecule has 3 fully saturated rings. The van der Waals surface area contributed by atoms with Crippen LogP contribution in [0.3, 0.4) is 0 Å². The molecule has 3 aliphatic rings. The minimum atomic E-state index is -2.14. The molecule has 8 N–H and O–H groups in total. The fraction of sp³-hybridized carbons (Fsp3) is 0.857. The zero-order valence-corrected chi connectivity index (χ0v) is 19.9. The van der Waals surface area contributed by atoms with Crippen LogP contribution in [0.15, 0.2) is 0 Å². The number of carbonyl (C=O) groups is 3. The van der Waals surface area contributed by atoms with Gasteiger partial charge in [-0.05, 0) is 19.3 Å². The van der Waals surface area contributed by atoms with Crippen LogP contribution < -0.4 is 15.3 Å². The van der Waals surface area contributed by atoms with Gasteiger partial charge in [0.2, 0.25) is 0 Å². The summed E-state index contributed by atoms with van der Waals surface area (Å²) >= 11 is 0. The Kier molecular flexibility index (Phi) is 10.2. The van der Waals surface area contributed by atoms with Gasteiger partial charge in [-0.1, -0.05) is 0 Å². The first-order chi connectivity index (χ1) is 18.2. The summed E-state index contributed by atoms with van der Waals surface area (Å²) < 4.78 is 0. The predicted molar refractivity (Wildman–Crippen MR) is 107 cm³/mol. The second-order valence-corrected chi connectivity index (χ2v) is 9.88. The highest BCUT2D eigenvalue weighted by Gasteiger charge is 2.50. The first-order valence-electron chi connectivity index (χ1n) is 11.9. The van der Waals surface area contributed by atoms with E-state index in [0.29, 0.717) is 0 Å². The Hall–Kier alpha value is -2.07. The van der Waals surface area contributed by atoms with E-state index in [1.165, 1.54) is 0 Å². The number of carboxylic acid groups (broad SMARTS) is 3. The molecular formula is C21H29O18-3. The summed E-state index contributed by atoms with van der Waals surface area (Å²) in [4.78, 5) is 54.0. The molecule has 0 saturated heterocycles. The van der Waals surface area contributed by atoms with Crippen molar-refractivity contribution < 1.29 is 90.1 Å². The number of aliphatic hydroxyl groups is 8. The van der Waals surface area contributed by atoms with Crippen molar-refractivity contribution in [1.29, 1.82) is 0 Å². The van der Waals surface area contributed by atoms with Gasteiger partial charge >= 0.3 is 0 Å². The van der Waals surface area contributed by atoms with Gasteiger partial charge in [0.25, 0.3) is 0 Å². The Morgan fingerprint density at radius 1 is 0.462 bits per heavy atom. The van der Waals surface area contributed by atoms with Gasteiger partial charge in [-0.3, -0.25) is 0 Å². The molecule has 39 heavy (non-hydrogen) atoms. The second-order valence-electron chi connectivity index (χ2n) is 9.88. The molecule has 0 amide bonds. The molecule has 0 spiro atoms. The van der Waals surface area contributed by atoms with Crippen molar-refractivity contribution in [1.82, 2.24) is 0 Å². The van der Waals surface area contributed by atoms with Gasteiger partial charge in [0.15, 0.2) is 0 Å². The lowest BCUT2D eigenvalue weighted by atomic mass is 9.80. The van der Waals surface area contributed by atoms with Crippen molar-refractivity contribution in [2.45, 2.75) is 92.5 Å². The molecule has 3 aliphatic carbocycles. The summed E-state index contributed by atoms with van der Waals surface area (Å²) in [5.74, 6) is -10.6. The maximum Gasteiger partial charge on any atom is 0.129 e. The zero-order valence-electron chi connectivity index (χ0n) is 19.9. The molecule has 0 aromatic carbocycles. The molecule has 0 aliphatic heterocycles. The third-order valence-corrected chi connectivity index (χ3v) is 7.39. The summed E-state index contributed by atoms with van der Waals surface area (Å²) in [6, 6.07) is 0. The lowest BCUT2D eigenvalue weighted by Gasteiger charge is -2.44. The minimum Gasteiger partial charge on any atom is -0.550 e. The zero-order chi connectivity index (χ0) is 29.3. The number of hydrogen-bond donors (Lipinski definition) is 8. The van der Waals surface area contributed by atoms with E-state index in [1.807, 2.05) is 0 Å². The van der Waals surface area contributed by atoms with Crippen LogP contribution in [-0.2, 0) is 33.9 Å². The van der Waals surface area contributed by atoms with Crippen LogP contribution in [0.4, 0.5) is 0 Å². The Balaban J connectivity index is 1.68. The number of aliphatic hydroxyl groups excluding tert-OH is 8. The van der Waals surface area contributed by atoms with E-state index < -0.39 is 128 Å². The van der Waals surface area contributed by atoms with Crippen molar-refractivity contribution in [2.24, 2.45) is 17.8 Å². The van der Waals surface area contributed by atoms with Crippen LogP contribution in [0.2, 0.25) is 0 Å². The molecule has 0 bridgehead atoms. The molecule has 18 nitrogen and oxygen atoms in total. The lowest BCUT2D eigenvalue weighted by molar-refractivity contribution is -0.430. The van der Waals surface area contributed by atoms with Gasteiger partial charge in [-0.25, -0.2) is 19.6 Å². The van der Waals surface area contributed by atoms with Crippen LogP contribution >= 0.6 is 0 Å². The summed E-state index contributed by atoms with van der Waals surface area (Å²) in [5.41, 5.74) is 0. The summed E-state index contributed by atoms with van der Waals surface area (Å²) in [7, 11) is 0. The third-order valence-electron chi connectivity index (χ3n) is 7.39. The number of hydrogen-bond acceptors (Lipinski definition) is 18. The summed E-state index contributed by atoms with van der Waals surface area (Å²) in [6.45, 7) is 0. The van der Waals surface area contributed by atoms with Crippen LogP contribution in [0, 0.1) is 17.8 Å². The third kappa shape index (κ3) is 6.47. The smallest absolute Gasteiger partial charge is 0.129 e. The van der Waals surface area contributed by atoms with Crippen molar-refractivity contribution >= 4 is 17.9 Å². The van der Waals surface area contributed by atoms with Gasteiger partial charge < -0.3 is 70.6 Å². The van der Waals surface area contributed by atoms with Crippen LogP contribution in [-0.4, -0.2) is 132 Å². The average molecular weight is 569 g/mol. The van der Waals surface area contributed by atoms with E-state index in [0.717, 1.165) is 0 Å². The maximum absolute atomic E-state index is 11.8. The molecule has 3 saturated carbocycles. The molecule has 0 aromatic rings. The lowest BCUT2D eigenvalue weighted by Crippen LogP contribution is -2.62. The standard InChI is InChI=1S/C21H32O18/c22-7-1-5(20(32)33)17(15(28)11(7)24)38-37-9-3-6(21(34)35)18(16(29)13(9)26)39-36-8-2-4(19(30)31)10(23)14(27)12(8)25/h4-18,22-29H,1-3H2,(H,30,31)(H,32,33)(H,34,35)/p-3/t4?,5?,6?,7-,8-,9-,10-,11+,12+,13+,14+,15-,16-,17-,18-/m0/s1. The van der Waals surface area contributed by atoms with E-state index >= 15 is 0 Å². The average Bonchev–Trinajstić information content (AvgIpc) is 2.87. The Morgan fingerprint density at radius 3 is 1.31 bits per heavy atom. The molecule has 3 rings (SSSR count). The van der Waals surface area contributed by atoms with Gasteiger partial charge in [0, 0.05) is 35.7 Å². The largest absolute Gasteiger partial charge is 0.550 e. The topological polar surface area (TPSA) is 319 Å². The van der Waals surface area contributed by atoms with E-state index in [4.69, 9.17) is 19.6 Å². The van der Waals surface area contributed by atoms with E-state index in [-0.39, 0.29) is 0 Å². The summed E-state index contributed by atoms with van der Waals surface area (Å²) in [5, 5.41) is 115.